The molecule has 0 saturated heterocycles. The highest BCUT2D eigenvalue weighted by Gasteiger charge is 2.24. The number of carbonyl (C=O) groups excluding carboxylic acids is 1. The van der Waals surface area contributed by atoms with E-state index in [0.717, 1.165) is 42.5 Å². The fourth-order valence-electron chi connectivity index (χ4n) is 3.19. The van der Waals surface area contributed by atoms with E-state index in [1.54, 1.807) is 4.68 Å². The Labute approximate surface area is 136 Å². The van der Waals surface area contributed by atoms with Gasteiger partial charge in [-0.3, -0.25) is 4.79 Å². The summed E-state index contributed by atoms with van der Waals surface area (Å²) in [5, 5.41) is 16.8. The summed E-state index contributed by atoms with van der Waals surface area (Å²) in [6.45, 7) is 2.39. The van der Waals surface area contributed by atoms with Gasteiger partial charge in [-0.25, -0.2) is 4.68 Å². The molecule has 1 fully saturated rings. The number of aliphatic hydroxyl groups is 1. The van der Waals surface area contributed by atoms with Gasteiger partial charge in [-0.15, -0.1) is 0 Å². The third-order valence-electron chi connectivity index (χ3n) is 4.49. The van der Waals surface area contributed by atoms with Crippen LogP contribution in [0.15, 0.2) is 30.3 Å². The van der Waals surface area contributed by atoms with E-state index in [1.807, 2.05) is 37.3 Å². The smallest absolute Gasteiger partial charge is 0.228 e. The highest BCUT2D eigenvalue weighted by atomic mass is 16.3. The third kappa shape index (κ3) is 3.45. The molecule has 0 bridgehead atoms. The lowest BCUT2D eigenvalue weighted by molar-refractivity contribution is -0.119. The second kappa shape index (κ2) is 6.96. The molecule has 122 valence electrons. The van der Waals surface area contributed by atoms with Gasteiger partial charge in [0.05, 0.1) is 18.8 Å². The standard InChI is InChI=1S/C18H23N3O2/c1-13-6-2-5-9-15(13)16-12-17(21(20-16)10-11-22)19-18(23)14-7-3-4-8-14/h2,5-6,9,12,14,22H,3-4,7-8,10-11H2,1H3,(H,19,23). The Hall–Kier alpha value is -2.14. The molecule has 2 N–H and O–H groups in total. The molecular formula is C18H23N3O2. The normalized spacial score (nSPS) is 15.0. The van der Waals surface area contributed by atoms with Gasteiger partial charge in [0.15, 0.2) is 0 Å². The van der Waals surface area contributed by atoms with Gasteiger partial charge < -0.3 is 10.4 Å². The lowest BCUT2D eigenvalue weighted by atomic mass is 10.1. The van der Waals surface area contributed by atoms with Crippen LogP contribution < -0.4 is 5.32 Å². The Bertz CT molecular complexity index is 687. The Morgan fingerprint density at radius 3 is 2.78 bits per heavy atom. The minimum absolute atomic E-state index is 0.0127. The van der Waals surface area contributed by atoms with Crippen molar-refractivity contribution in [2.45, 2.75) is 39.2 Å². The minimum Gasteiger partial charge on any atom is -0.394 e. The van der Waals surface area contributed by atoms with Gasteiger partial charge in [0.2, 0.25) is 5.91 Å². The average molecular weight is 313 g/mol. The second-order valence-corrected chi connectivity index (χ2v) is 6.15. The first-order valence-electron chi connectivity index (χ1n) is 8.24. The van der Waals surface area contributed by atoms with E-state index in [0.29, 0.717) is 12.4 Å². The van der Waals surface area contributed by atoms with Crippen LogP contribution in [0.3, 0.4) is 0 Å². The number of aromatic nitrogens is 2. The first kappa shape index (κ1) is 15.7. The number of amides is 1. The molecule has 1 aliphatic carbocycles. The molecule has 1 aromatic heterocycles. The zero-order valence-corrected chi connectivity index (χ0v) is 13.5. The van der Waals surface area contributed by atoms with Crippen molar-refractivity contribution in [2.24, 2.45) is 5.92 Å². The number of nitrogens with zero attached hydrogens (tertiary/aromatic N) is 2. The number of benzene rings is 1. The highest BCUT2D eigenvalue weighted by Crippen LogP contribution is 2.28. The van der Waals surface area contributed by atoms with E-state index >= 15 is 0 Å². The van der Waals surface area contributed by atoms with Crippen molar-refractivity contribution in [1.29, 1.82) is 0 Å². The van der Waals surface area contributed by atoms with Crippen molar-refractivity contribution < 1.29 is 9.90 Å². The Morgan fingerprint density at radius 1 is 1.35 bits per heavy atom. The summed E-state index contributed by atoms with van der Waals surface area (Å²) in [6, 6.07) is 9.92. The topological polar surface area (TPSA) is 67.2 Å². The molecule has 1 heterocycles. The van der Waals surface area contributed by atoms with E-state index in [9.17, 15) is 9.90 Å². The van der Waals surface area contributed by atoms with Crippen molar-refractivity contribution in [2.75, 3.05) is 11.9 Å². The number of hydrogen-bond donors (Lipinski definition) is 2. The number of carbonyl (C=O) groups is 1. The summed E-state index contributed by atoms with van der Waals surface area (Å²) in [4.78, 5) is 12.4. The van der Waals surface area contributed by atoms with Gasteiger partial charge in [0.1, 0.15) is 5.82 Å². The zero-order valence-electron chi connectivity index (χ0n) is 13.5. The fraction of sp³-hybridized carbons (Fsp3) is 0.444. The molecule has 1 amide bonds. The molecule has 0 radical (unpaired) electrons. The fourth-order valence-corrected chi connectivity index (χ4v) is 3.19. The van der Waals surface area contributed by atoms with Crippen molar-refractivity contribution in [3.05, 3.63) is 35.9 Å². The van der Waals surface area contributed by atoms with Crippen molar-refractivity contribution >= 4 is 11.7 Å². The van der Waals surface area contributed by atoms with Gasteiger partial charge in [-0.05, 0) is 25.3 Å². The summed E-state index contributed by atoms with van der Waals surface area (Å²) >= 11 is 0. The SMILES string of the molecule is Cc1ccccc1-c1cc(NC(=O)C2CCCC2)n(CCO)n1. The van der Waals surface area contributed by atoms with Gasteiger partial charge in [0.25, 0.3) is 0 Å². The molecule has 0 atom stereocenters. The maximum atomic E-state index is 12.4. The monoisotopic (exact) mass is 313 g/mol. The minimum atomic E-state index is -0.0127. The van der Waals surface area contributed by atoms with Crippen LogP contribution in [0.4, 0.5) is 5.82 Å². The number of anilines is 1. The molecule has 3 rings (SSSR count). The molecule has 1 aliphatic rings. The molecular weight excluding hydrogens is 290 g/mol. The quantitative estimate of drug-likeness (QED) is 0.892. The number of hydrogen-bond acceptors (Lipinski definition) is 3. The molecule has 0 unspecified atom stereocenters. The van der Waals surface area contributed by atoms with E-state index < -0.39 is 0 Å². The van der Waals surface area contributed by atoms with Crippen LogP contribution in [0, 0.1) is 12.8 Å². The maximum absolute atomic E-state index is 12.4. The van der Waals surface area contributed by atoms with Crippen molar-refractivity contribution in [3.63, 3.8) is 0 Å². The van der Waals surface area contributed by atoms with Crippen LogP contribution in [0.25, 0.3) is 11.3 Å². The van der Waals surface area contributed by atoms with Crippen LogP contribution in [-0.4, -0.2) is 27.4 Å². The van der Waals surface area contributed by atoms with E-state index in [-0.39, 0.29) is 18.4 Å². The molecule has 0 spiro atoms. The van der Waals surface area contributed by atoms with Crippen LogP contribution >= 0.6 is 0 Å². The summed E-state index contributed by atoms with van der Waals surface area (Å²) in [5.74, 6) is 0.835. The van der Waals surface area contributed by atoms with Crippen LogP contribution in [-0.2, 0) is 11.3 Å². The van der Waals surface area contributed by atoms with Gasteiger partial charge >= 0.3 is 0 Å². The van der Waals surface area contributed by atoms with Gasteiger partial charge in [0, 0.05) is 17.5 Å². The third-order valence-corrected chi connectivity index (χ3v) is 4.49. The van der Waals surface area contributed by atoms with Gasteiger partial charge in [-0.1, -0.05) is 37.1 Å². The van der Waals surface area contributed by atoms with Crippen molar-refractivity contribution in [1.82, 2.24) is 9.78 Å². The Kier molecular flexibility index (Phi) is 4.76. The molecule has 2 aromatic rings. The summed E-state index contributed by atoms with van der Waals surface area (Å²) in [7, 11) is 0. The first-order valence-corrected chi connectivity index (χ1v) is 8.24. The molecule has 1 saturated carbocycles. The summed E-state index contributed by atoms with van der Waals surface area (Å²) < 4.78 is 1.68. The van der Waals surface area contributed by atoms with Gasteiger partial charge in [-0.2, -0.15) is 5.10 Å². The molecule has 5 nitrogen and oxygen atoms in total. The lowest BCUT2D eigenvalue weighted by Gasteiger charge is -2.11. The molecule has 1 aromatic carbocycles. The largest absolute Gasteiger partial charge is 0.394 e. The number of rotatable bonds is 5. The highest BCUT2D eigenvalue weighted by molar-refractivity contribution is 5.92. The molecule has 5 heteroatoms. The predicted octanol–water partition coefficient (Wildman–Crippen LogP) is 2.98. The Balaban J connectivity index is 1.86. The number of aryl methyl sites for hydroxylation is 1. The number of nitrogens with one attached hydrogen (secondary N) is 1. The van der Waals surface area contributed by atoms with E-state index in [2.05, 4.69) is 10.4 Å². The van der Waals surface area contributed by atoms with Crippen LogP contribution in [0.2, 0.25) is 0 Å². The van der Waals surface area contributed by atoms with Crippen LogP contribution in [0.1, 0.15) is 31.2 Å². The zero-order chi connectivity index (χ0) is 16.2. The maximum Gasteiger partial charge on any atom is 0.228 e. The van der Waals surface area contributed by atoms with Crippen molar-refractivity contribution in [3.8, 4) is 11.3 Å². The summed E-state index contributed by atoms with van der Waals surface area (Å²) in [5.41, 5.74) is 2.99. The Morgan fingerprint density at radius 2 is 2.09 bits per heavy atom. The first-order chi connectivity index (χ1) is 11.2. The van der Waals surface area contributed by atoms with Crippen LogP contribution in [0.5, 0.6) is 0 Å². The predicted molar refractivity (Wildman–Crippen MR) is 90.1 cm³/mol. The summed E-state index contributed by atoms with van der Waals surface area (Å²) in [6.07, 6.45) is 4.18. The second-order valence-electron chi connectivity index (χ2n) is 6.15. The average Bonchev–Trinajstić information content (AvgIpc) is 3.19. The van der Waals surface area contributed by atoms with E-state index in [4.69, 9.17) is 0 Å². The number of aliphatic hydroxyl groups excluding tert-OH is 1. The molecule has 0 aliphatic heterocycles. The van der Waals surface area contributed by atoms with E-state index in [1.165, 1.54) is 0 Å². The molecule has 23 heavy (non-hydrogen) atoms. The lowest BCUT2D eigenvalue weighted by Crippen LogP contribution is -2.22.